The van der Waals surface area contributed by atoms with Crippen molar-refractivity contribution < 1.29 is 4.79 Å². The molecule has 0 heterocycles. The minimum absolute atomic E-state index is 0.516. The number of rotatable bonds is 0. The lowest BCUT2D eigenvalue weighted by Gasteiger charge is -2.22. The second-order valence-electron chi connectivity index (χ2n) is 4.27. The summed E-state index contributed by atoms with van der Waals surface area (Å²) in [6.07, 6.45) is 5.12. The van der Waals surface area contributed by atoms with E-state index in [-0.39, 0.29) is 0 Å². The maximum Gasteiger partial charge on any atom is 0.139 e. The molecule has 0 spiro atoms. The van der Waals surface area contributed by atoms with Gasteiger partial charge in [0.05, 0.1) is 0 Å². The van der Waals surface area contributed by atoms with E-state index in [1.807, 2.05) is 0 Å². The Kier molecular flexibility index (Phi) is 0.781. The first-order valence-electron chi connectivity index (χ1n) is 4.38. The standard InChI is InChI=1S/C9H12O/c10-9-7-2-5-1-6(4-7)8(9)3-5/h5-8H,1-4H2. The van der Waals surface area contributed by atoms with Crippen molar-refractivity contribution in [2.24, 2.45) is 23.7 Å². The molecule has 4 aliphatic rings. The summed E-state index contributed by atoms with van der Waals surface area (Å²) in [5.41, 5.74) is 0. The highest BCUT2D eigenvalue weighted by atomic mass is 16.1. The van der Waals surface area contributed by atoms with E-state index in [4.69, 9.17) is 0 Å². The lowest BCUT2D eigenvalue weighted by molar-refractivity contribution is -0.125. The molecule has 0 aromatic heterocycles. The average molecular weight is 136 g/mol. The predicted octanol–water partition coefficient (Wildman–Crippen LogP) is 1.62. The molecule has 0 saturated heterocycles. The molecule has 0 aromatic rings. The molecule has 4 rings (SSSR count). The predicted molar refractivity (Wildman–Crippen MR) is 37.4 cm³/mol. The second kappa shape index (κ2) is 1.46. The first-order chi connectivity index (χ1) is 4.84. The van der Waals surface area contributed by atoms with E-state index in [0.29, 0.717) is 17.6 Å². The van der Waals surface area contributed by atoms with Gasteiger partial charge in [0.25, 0.3) is 0 Å². The van der Waals surface area contributed by atoms with Crippen LogP contribution in [0.4, 0.5) is 0 Å². The van der Waals surface area contributed by atoms with Crippen molar-refractivity contribution >= 4 is 5.78 Å². The Balaban J connectivity index is 2.06. The molecule has 4 aliphatic carbocycles. The molecule has 0 aromatic carbocycles. The Hall–Kier alpha value is -0.330. The van der Waals surface area contributed by atoms with Crippen molar-refractivity contribution in [2.75, 3.05) is 0 Å². The second-order valence-corrected chi connectivity index (χ2v) is 4.27. The highest BCUT2D eigenvalue weighted by Crippen LogP contribution is 2.55. The molecule has 10 heavy (non-hydrogen) atoms. The Morgan fingerprint density at radius 2 is 2.00 bits per heavy atom. The Morgan fingerprint density at radius 1 is 1.10 bits per heavy atom. The highest BCUT2D eigenvalue weighted by molar-refractivity contribution is 5.87. The molecule has 0 N–H and O–H groups in total. The summed E-state index contributed by atoms with van der Waals surface area (Å²) in [7, 11) is 0. The number of carbonyl (C=O) groups excluding carboxylic acids is 1. The lowest BCUT2D eigenvalue weighted by atomic mass is 9.81. The Morgan fingerprint density at radius 3 is 2.70 bits per heavy atom. The van der Waals surface area contributed by atoms with Gasteiger partial charge in [0.15, 0.2) is 0 Å². The van der Waals surface area contributed by atoms with Crippen LogP contribution in [0, 0.1) is 23.7 Å². The minimum atomic E-state index is 0.516. The molecule has 54 valence electrons. The van der Waals surface area contributed by atoms with Crippen molar-refractivity contribution in [2.45, 2.75) is 25.7 Å². The van der Waals surface area contributed by atoms with E-state index in [0.717, 1.165) is 11.8 Å². The van der Waals surface area contributed by atoms with Crippen molar-refractivity contribution in [3.05, 3.63) is 0 Å². The fraction of sp³-hybridized carbons (Fsp3) is 0.889. The summed E-state index contributed by atoms with van der Waals surface area (Å²) in [5.74, 6) is 3.45. The molecular weight excluding hydrogens is 124 g/mol. The van der Waals surface area contributed by atoms with Crippen LogP contribution < -0.4 is 0 Å². The first kappa shape index (κ1) is 5.34. The van der Waals surface area contributed by atoms with Crippen LogP contribution in [-0.4, -0.2) is 5.78 Å². The van der Waals surface area contributed by atoms with Crippen LogP contribution >= 0.6 is 0 Å². The number of ketones is 1. The molecule has 4 saturated carbocycles. The zero-order valence-corrected chi connectivity index (χ0v) is 6.05. The molecule has 1 nitrogen and oxygen atoms in total. The Labute approximate surface area is 60.8 Å². The average Bonchev–Trinajstić information content (AvgIpc) is 2.31. The van der Waals surface area contributed by atoms with Crippen LogP contribution in [0.15, 0.2) is 0 Å². The summed E-state index contributed by atoms with van der Waals surface area (Å²) in [4.78, 5) is 11.4. The molecule has 0 aliphatic heterocycles. The van der Waals surface area contributed by atoms with Crippen molar-refractivity contribution in [1.29, 1.82) is 0 Å². The molecule has 4 fully saturated rings. The number of carbonyl (C=O) groups is 1. The van der Waals surface area contributed by atoms with Crippen molar-refractivity contribution in [1.82, 2.24) is 0 Å². The molecule has 4 bridgehead atoms. The van der Waals surface area contributed by atoms with E-state index in [1.165, 1.54) is 25.7 Å². The van der Waals surface area contributed by atoms with Crippen LogP contribution in [-0.2, 0) is 4.79 Å². The van der Waals surface area contributed by atoms with E-state index in [2.05, 4.69) is 0 Å². The van der Waals surface area contributed by atoms with Gasteiger partial charge in [-0.1, -0.05) is 0 Å². The van der Waals surface area contributed by atoms with E-state index >= 15 is 0 Å². The molecule has 4 unspecified atom stereocenters. The molecule has 0 amide bonds. The van der Waals surface area contributed by atoms with Gasteiger partial charge in [-0.15, -0.1) is 0 Å². The van der Waals surface area contributed by atoms with Crippen molar-refractivity contribution in [3.63, 3.8) is 0 Å². The zero-order chi connectivity index (χ0) is 6.72. The summed E-state index contributed by atoms with van der Waals surface area (Å²) >= 11 is 0. The number of Topliss-reactive ketones (excluding diaryl/α,β-unsaturated/α-hetero) is 1. The van der Waals surface area contributed by atoms with Gasteiger partial charge in [-0.3, -0.25) is 4.79 Å². The van der Waals surface area contributed by atoms with Crippen LogP contribution in [0.1, 0.15) is 25.7 Å². The minimum Gasteiger partial charge on any atom is -0.299 e. The summed E-state index contributed by atoms with van der Waals surface area (Å²) in [5, 5.41) is 0. The van der Waals surface area contributed by atoms with Crippen LogP contribution in [0.3, 0.4) is 0 Å². The van der Waals surface area contributed by atoms with Gasteiger partial charge in [0.1, 0.15) is 5.78 Å². The van der Waals surface area contributed by atoms with Gasteiger partial charge >= 0.3 is 0 Å². The quantitative estimate of drug-likeness (QED) is 0.494. The molecule has 4 atom stereocenters. The summed E-state index contributed by atoms with van der Waals surface area (Å²) in [6.45, 7) is 0. The van der Waals surface area contributed by atoms with Crippen LogP contribution in [0.25, 0.3) is 0 Å². The normalized spacial score (nSPS) is 56.6. The van der Waals surface area contributed by atoms with E-state index in [1.54, 1.807) is 0 Å². The van der Waals surface area contributed by atoms with E-state index < -0.39 is 0 Å². The fourth-order valence-electron chi connectivity index (χ4n) is 3.44. The van der Waals surface area contributed by atoms with Gasteiger partial charge in [0.2, 0.25) is 0 Å². The summed E-state index contributed by atoms with van der Waals surface area (Å²) < 4.78 is 0. The lowest BCUT2D eigenvalue weighted by Crippen LogP contribution is -2.22. The van der Waals surface area contributed by atoms with Gasteiger partial charge in [-0.25, -0.2) is 0 Å². The van der Waals surface area contributed by atoms with E-state index in [9.17, 15) is 4.79 Å². The number of hydrogen-bond donors (Lipinski definition) is 0. The van der Waals surface area contributed by atoms with Gasteiger partial charge in [-0.2, -0.15) is 0 Å². The largest absolute Gasteiger partial charge is 0.299 e. The Bertz CT molecular complexity index is 193. The third-order valence-electron chi connectivity index (χ3n) is 3.77. The third-order valence-corrected chi connectivity index (χ3v) is 3.77. The first-order valence-corrected chi connectivity index (χ1v) is 4.38. The van der Waals surface area contributed by atoms with Gasteiger partial charge < -0.3 is 0 Å². The number of hydrogen-bond acceptors (Lipinski definition) is 1. The fourth-order valence-corrected chi connectivity index (χ4v) is 3.44. The summed E-state index contributed by atoms with van der Waals surface area (Å²) in [6, 6.07) is 0. The highest BCUT2D eigenvalue weighted by Gasteiger charge is 2.53. The van der Waals surface area contributed by atoms with Gasteiger partial charge in [-0.05, 0) is 37.5 Å². The van der Waals surface area contributed by atoms with Crippen LogP contribution in [0.2, 0.25) is 0 Å². The monoisotopic (exact) mass is 136 g/mol. The molecule has 0 radical (unpaired) electrons. The maximum absolute atomic E-state index is 11.4. The smallest absolute Gasteiger partial charge is 0.139 e. The topological polar surface area (TPSA) is 17.1 Å². The van der Waals surface area contributed by atoms with Crippen molar-refractivity contribution in [3.8, 4) is 0 Å². The maximum atomic E-state index is 11.4. The van der Waals surface area contributed by atoms with Gasteiger partial charge in [0, 0.05) is 11.8 Å². The van der Waals surface area contributed by atoms with Crippen LogP contribution in [0.5, 0.6) is 0 Å². The zero-order valence-electron chi connectivity index (χ0n) is 6.05. The SMILES string of the molecule is O=C1C2CC3CC(C2)C1C3. The molecule has 1 heteroatoms. The third kappa shape index (κ3) is 0.446. The molecular formula is C9H12O.